The van der Waals surface area contributed by atoms with Gasteiger partial charge in [0.1, 0.15) is 5.75 Å². The van der Waals surface area contributed by atoms with Crippen molar-refractivity contribution in [1.82, 2.24) is 20.2 Å². The Morgan fingerprint density at radius 3 is 2.47 bits per heavy atom. The third kappa shape index (κ3) is 3.24. The second kappa shape index (κ2) is 6.03. The van der Waals surface area contributed by atoms with Gasteiger partial charge in [-0.25, -0.2) is 4.68 Å². The average Bonchev–Trinajstić information content (AvgIpc) is 2.81. The van der Waals surface area contributed by atoms with E-state index >= 15 is 0 Å². The molecular formula is C12H17N5OS. The van der Waals surface area contributed by atoms with E-state index in [1.54, 1.807) is 23.6 Å². The second-order valence-electron chi connectivity index (χ2n) is 4.26. The van der Waals surface area contributed by atoms with E-state index in [0.29, 0.717) is 0 Å². The van der Waals surface area contributed by atoms with Gasteiger partial charge in [0.25, 0.3) is 0 Å². The van der Waals surface area contributed by atoms with E-state index in [1.165, 1.54) is 0 Å². The number of ether oxygens (including phenoxy) is 1. The number of benzene rings is 1. The van der Waals surface area contributed by atoms with E-state index in [1.807, 2.05) is 38.2 Å². The van der Waals surface area contributed by atoms with Gasteiger partial charge < -0.3 is 10.5 Å². The zero-order valence-corrected chi connectivity index (χ0v) is 12.0. The second-order valence-corrected chi connectivity index (χ2v) is 5.36. The third-order valence-corrected chi connectivity index (χ3v) is 4.25. The largest absolute Gasteiger partial charge is 0.497 e. The number of hydrogen-bond donors (Lipinski definition) is 1. The van der Waals surface area contributed by atoms with Crippen molar-refractivity contribution in [1.29, 1.82) is 0 Å². The molecule has 0 aliphatic heterocycles. The summed E-state index contributed by atoms with van der Waals surface area (Å²) in [7, 11) is 3.46. The number of nitrogens with zero attached hydrogens (tertiary/aromatic N) is 4. The Labute approximate surface area is 116 Å². The number of methoxy groups -OCH3 is 1. The van der Waals surface area contributed by atoms with Crippen molar-refractivity contribution in [3.05, 3.63) is 29.8 Å². The van der Waals surface area contributed by atoms with Crippen molar-refractivity contribution in [3.8, 4) is 5.75 Å². The van der Waals surface area contributed by atoms with Crippen molar-refractivity contribution in [2.24, 2.45) is 12.8 Å². The quantitative estimate of drug-likeness (QED) is 0.833. The highest BCUT2D eigenvalue weighted by molar-refractivity contribution is 7.99. The topological polar surface area (TPSA) is 78.9 Å². The Kier molecular flexibility index (Phi) is 4.39. The number of aromatic nitrogens is 4. The summed E-state index contributed by atoms with van der Waals surface area (Å²) < 4.78 is 6.80. The van der Waals surface area contributed by atoms with Crippen LogP contribution in [-0.2, 0) is 7.05 Å². The molecule has 1 aromatic heterocycles. The minimum absolute atomic E-state index is 0.0184. The lowest BCUT2D eigenvalue weighted by molar-refractivity contribution is 0.414. The lowest BCUT2D eigenvalue weighted by atomic mass is 10.1. The Hall–Kier alpha value is -1.60. The lowest BCUT2D eigenvalue weighted by Gasteiger charge is -2.20. The van der Waals surface area contributed by atoms with E-state index in [4.69, 9.17) is 10.5 Å². The van der Waals surface area contributed by atoms with Gasteiger partial charge in [0.15, 0.2) is 0 Å². The number of aryl methyl sites for hydroxylation is 1. The predicted octanol–water partition coefficient (Wildman–Crippen LogP) is 1.40. The molecule has 1 aromatic carbocycles. The molecular weight excluding hydrogens is 262 g/mol. The normalized spacial score (nSPS) is 14.1. The number of rotatable bonds is 5. The molecule has 0 saturated heterocycles. The number of hydrogen-bond acceptors (Lipinski definition) is 6. The molecule has 2 unspecified atom stereocenters. The Balaban J connectivity index is 2.22. The SMILES string of the molecule is COc1ccc(C(Sc2nnnn2C)C(C)N)cc1. The first-order chi connectivity index (χ1) is 9.11. The maximum Gasteiger partial charge on any atom is 0.209 e. The van der Waals surface area contributed by atoms with Gasteiger partial charge in [-0.1, -0.05) is 23.9 Å². The Morgan fingerprint density at radius 2 is 2.00 bits per heavy atom. The minimum atomic E-state index is -0.0184. The zero-order chi connectivity index (χ0) is 13.8. The molecule has 2 rings (SSSR count). The maximum absolute atomic E-state index is 6.08. The monoisotopic (exact) mass is 279 g/mol. The average molecular weight is 279 g/mol. The van der Waals surface area contributed by atoms with Gasteiger partial charge in [0.2, 0.25) is 5.16 Å². The Morgan fingerprint density at radius 1 is 1.32 bits per heavy atom. The molecule has 0 spiro atoms. The van der Waals surface area contributed by atoms with Crippen LogP contribution in [0, 0.1) is 0 Å². The number of nitrogens with two attached hydrogens (primary N) is 1. The van der Waals surface area contributed by atoms with Crippen LogP contribution in [0.15, 0.2) is 29.4 Å². The summed E-state index contributed by atoms with van der Waals surface area (Å²) in [6.45, 7) is 1.98. The molecule has 0 amide bonds. The van der Waals surface area contributed by atoms with Crippen LogP contribution in [0.4, 0.5) is 0 Å². The summed E-state index contributed by atoms with van der Waals surface area (Å²) in [5.41, 5.74) is 7.20. The molecule has 102 valence electrons. The van der Waals surface area contributed by atoms with Gasteiger partial charge >= 0.3 is 0 Å². The van der Waals surface area contributed by atoms with Crippen LogP contribution in [0.2, 0.25) is 0 Å². The Bertz CT molecular complexity index is 525. The summed E-state index contributed by atoms with van der Waals surface area (Å²) in [5.74, 6) is 0.831. The van der Waals surface area contributed by atoms with Gasteiger partial charge in [-0.3, -0.25) is 0 Å². The molecule has 2 N–H and O–H groups in total. The van der Waals surface area contributed by atoms with E-state index in [0.717, 1.165) is 16.5 Å². The molecule has 19 heavy (non-hydrogen) atoms. The van der Waals surface area contributed by atoms with Crippen molar-refractivity contribution in [3.63, 3.8) is 0 Å². The first-order valence-electron chi connectivity index (χ1n) is 5.90. The molecule has 0 radical (unpaired) electrons. The van der Waals surface area contributed by atoms with Crippen LogP contribution in [0.5, 0.6) is 5.75 Å². The fourth-order valence-electron chi connectivity index (χ4n) is 1.71. The molecule has 1 heterocycles. The van der Waals surface area contributed by atoms with Gasteiger partial charge in [-0.2, -0.15) is 0 Å². The van der Waals surface area contributed by atoms with Crippen molar-refractivity contribution >= 4 is 11.8 Å². The third-order valence-electron chi connectivity index (χ3n) is 2.74. The summed E-state index contributed by atoms with van der Waals surface area (Å²) in [6, 6.07) is 7.88. The highest BCUT2D eigenvalue weighted by atomic mass is 32.2. The van der Waals surface area contributed by atoms with Gasteiger partial charge in [0, 0.05) is 13.1 Å². The zero-order valence-electron chi connectivity index (χ0n) is 11.1. The summed E-state index contributed by atoms with van der Waals surface area (Å²) in [4.78, 5) is 0. The summed E-state index contributed by atoms with van der Waals surface area (Å²) in [5, 5.41) is 12.3. The van der Waals surface area contributed by atoms with Crippen molar-refractivity contribution in [2.45, 2.75) is 23.4 Å². The summed E-state index contributed by atoms with van der Waals surface area (Å²) >= 11 is 1.56. The first kappa shape index (κ1) is 13.8. The maximum atomic E-state index is 6.08. The van der Waals surface area contributed by atoms with E-state index in [2.05, 4.69) is 15.5 Å². The standard InChI is InChI=1S/C12H17N5OS/c1-8(13)11(19-12-14-15-16-17(12)2)9-4-6-10(18-3)7-5-9/h4-8,11H,13H2,1-3H3. The van der Waals surface area contributed by atoms with Crippen LogP contribution in [0.1, 0.15) is 17.7 Å². The van der Waals surface area contributed by atoms with Crippen LogP contribution in [-0.4, -0.2) is 33.4 Å². The van der Waals surface area contributed by atoms with E-state index in [-0.39, 0.29) is 11.3 Å². The number of tetrazole rings is 1. The van der Waals surface area contributed by atoms with Crippen LogP contribution < -0.4 is 10.5 Å². The van der Waals surface area contributed by atoms with Gasteiger partial charge in [0.05, 0.1) is 12.4 Å². The van der Waals surface area contributed by atoms with Crippen LogP contribution in [0.25, 0.3) is 0 Å². The molecule has 7 heteroatoms. The van der Waals surface area contributed by atoms with E-state index < -0.39 is 0 Å². The highest BCUT2D eigenvalue weighted by Crippen LogP contribution is 2.36. The molecule has 0 fully saturated rings. The predicted molar refractivity (Wildman–Crippen MR) is 74.0 cm³/mol. The molecule has 2 atom stereocenters. The minimum Gasteiger partial charge on any atom is -0.497 e. The lowest BCUT2D eigenvalue weighted by Crippen LogP contribution is -2.23. The highest BCUT2D eigenvalue weighted by Gasteiger charge is 2.20. The first-order valence-corrected chi connectivity index (χ1v) is 6.78. The molecule has 0 aliphatic rings. The van der Waals surface area contributed by atoms with Gasteiger partial charge in [-0.05, 0) is 35.0 Å². The van der Waals surface area contributed by atoms with Crippen LogP contribution >= 0.6 is 11.8 Å². The van der Waals surface area contributed by atoms with Crippen LogP contribution in [0.3, 0.4) is 0 Å². The molecule has 0 bridgehead atoms. The van der Waals surface area contributed by atoms with E-state index in [9.17, 15) is 0 Å². The fourth-order valence-corrected chi connectivity index (χ4v) is 2.71. The van der Waals surface area contributed by atoms with Crippen molar-refractivity contribution in [2.75, 3.05) is 7.11 Å². The van der Waals surface area contributed by atoms with Crippen molar-refractivity contribution < 1.29 is 4.74 Å². The number of thioether (sulfide) groups is 1. The smallest absolute Gasteiger partial charge is 0.209 e. The molecule has 0 saturated carbocycles. The molecule has 6 nitrogen and oxygen atoms in total. The molecule has 2 aromatic rings. The molecule has 0 aliphatic carbocycles. The fraction of sp³-hybridized carbons (Fsp3) is 0.417. The summed E-state index contributed by atoms with van der Waals surface area (Å²) in [6.07, 6.45) is 0. The van der Waals surface area contributed by atoms with Gasteiger partial charge in [-0.15, -0.1) is 5.10 Å².